The van der Waals surface area contributed by atoms with E-state index in [9.17, 15) is 14.4 Å². The summed E-state index contributed by atoms with van der Waals surface area (Å²) in [7, 11) is 2.97. The second kappa shape index (κ2) is 8.19. The lowest BCUT2D eigenvalue weighted by Crippen LogP contribution is -2.22. The molecular weight excluding hydrogens is 342 g/mol. The topological polar surface area (TPSA) is 104 Å². The average Bonchev–Trinajstić information content (AvgIpc) is 2.59. The van der Waals surface area contributed by atoms with Crippen LogP contribution in [0.15, 0.2) is 33.5 Å². The molecule has 0 radical (unpaired) electrons. The van der Waals surface area contributed by atoms with Crippen LogP contribution in [-0.4, -0.2) is 32.7 Å². The molecule has 0 aliphatic rings. The Morgan fingerprint density at radius 2 is 1.85 bits per heavy atom. The van der Waals surface area contributed by atoms with Gasteiger partial charge >= 0.3 is 11.6 Å². The number of amides is 1. The lowest BCUT2D eigenvalue weighted by Gasteiger charge is -2.12. The number of methoxy groups -OCH3 is 2. The molecule has 1 aromatic heterocycles. The Balaban J connectivity index is 2.03. The highest BCUT2D eigenvalue weighted by atomic mass is 16.5. The number of esters is 1. The van der Waals surface area contributed by atoms with Crippen LogP contribution in [-0.2, 0) is 9.53 Å². The van der Waals surface area contributed by atoms with Gasteiger partial charge in [-0.2, -0.15) is 0 Å². The maximum atomic E-state index is 12.2. The van der Waals surface area contributed by atoms with Crippen LogP contribution in [0.3, 0.4) is 0 Å². The quantitative estimate of drug-likeness (QED) is 0.785. The molecule has 0 atom stereocenters. The molecule has 0 aliphatic heterocycles. The van der Waals surface area contributed by atoms with Crippen molar-refractivity contribution < 1.29 is 28.2 Å². The minimum atomic E-state index is -0.749. The minimum Gasteiger partial charge on any atom is -0.497 e. The number of hydrogen-bond donors (Lipinski definition) is 1. The van der Waals surface area contributed by atoms with Gasteiger partial charge in [-0.15, -0.1) is 0 Å². The van der Waals surface area contributed by atoms with Gasteiger partial charge in [0, 0.05) is 12.1 Å². The first kappa shape index (κ1) is 19.0. The molecule has 8 heteroatoms. The number of carbonyl (C=O) groups is 2. The molecule has 1 aromatic carbocycles. The van der Waals surface area contributed by atoms with Gasteiger partial charge in [-0.05, 0) is 31.5 Å². The number of anilines is 1. The maximum Gasteiger partial charge on any atom is 0.342 e. The summed E-state index contributed by atoms with van der Waals surface area (Å²) in [5.74, 6) is -0.185. The van der Waals surface area contributed by atoms with Gasteiger partial charge in [0.05, 0.1) is 19.9 Å². The largest absolute Gasteiger partial charge is 0.497 e. The van der Waals surface area contributed by atoms with Crippen molar-refractivity contribution in [2.75, 3.05) is 26.1 Å². The van der Waals surface area contributed by atoms with E-state index in [1.54, 1.807) is 25.1 Å². The van der Waals surface area contributed by atoms with E-state index >= 15 is 0 Å². The van der Waals surface area contributed by atoms with E-state index in [0.29, 0.717) is 22.7 Å². The van der Waals surface area contributed by atoms with Gasteiger partial charge in [0.25, 0.3) is 5.91 Å². The Hall–Kier alpha value is -3.29. The molecule has 0 spiro atoms. The Labute approximate surface area is 149 Å². The zero-order chi connectivity index (χ0) is 19.3. The first-order chi connectivity index (χ1) is 12.3. The Morgan fingerprint density at radius 1 is 1.12 bits per heavy atom. The van der Waals surface area contributed by atoms with Gasteiger partial charge in [-0.1, -0.05) is 0 Å². The molecular formula is C18H19NO7. The van der Waals surface area contributed by atoms with E-state index in [4.69, 9.17) is 18.6 Å². The summed E-state index contributed by atoms with van der Waals surface area (Å²) in [5, 5.41) is 2.59. The minimum absolute atomic E-state index is 0.124. The Kier molecular flexibility index (Phi) is 6.00. The van der Waals surface area contributed by atoms with Crippen LogP contribution in [0.25, 0.3) is 0 Å². The van der Waals surface area contributed by atoms with Crippen LogP contribution in [0.5, 0.6) is 11.5 Å². The van der Waals surface area contributed by atoms with Crippen molar-refractivity contribution in [2.24, 2.45) is 0 Å². The molecule has 0 unspecified atom stereocenters. The van der Waals surface area contributed by atoms with Crippen LogP contribution >= 0.6 is 0 Å². The molecule has 26 heavy (non-hydrogen) atoms. The molecule has 1 N–H and O–H groups in total. The van der Waals surface area contributed by atoms with E-state index in [1.807, 2.05) is 0 Å². The number of hydrogen-bond acceptors (Lipinski definition) is 7. The molecule has 138 valence electrons. The molecule has 2 aromatic rings. The zero-order valence-electron chi connectivity index (χ0n) is 14.9. The second-order valence-corrected chi connectivity index (χ2v) is 5.37. The summed E-state index contributed by atoms with van der Waals surface area (Å²) < 4.78 is 20.1. The maximum absolute atomic E-state index is 12.2. The van der Waals surface area contributed by atoms with Crippen molar-refractivity contribution in [1.82, 2.24) is 0 Å². The number of nitrogens with one attached hydrogen (secondary N) is 1. The second-order valence-electron chi connectivity index (χ2n) is 5.37. The van der Waals surface area contributed by atoms with Crippen LogP contribution in [0.1, 0.15) is 21.7 Å². The highest BCUT2D eigenvalue weighted by Crippen LogP contribution is 2.28. The summed E-state index contributed by atoms with van der Waals surface area (Å²) in [5.41, 5.74) is 0.397. The SMILES string of the molecule is COc1ccc(NC(=O)COC(=O)c2c(C)cc(=O)oc2C)c(OC)c1. The average molecular weight is 361 g/mol. The molecule has 0 aliphatic carbocycles. The fourth-order valence-corrected chi connectivity index (χ4v) is 2.35. The predicted molar refractivity (Wildman–Crippen MR) is 92.9 cm³/mol. The van der Waals surface area contributed by atoms with E-state index in [0.717, 1.165) is 0 Å². The zero-order valence-corrected chi connectivity index (χ0v) is 14.9. The summed E-state index contributed by atoms with van der Waals surface area (Å²) in [6, 6.07) is 6.06. The molecule has 1 amide bonds. The molecule has 0 saturated carbocycles. The van der Waals surface area contributed by atoms with E-state index in [1.165, 1.54) is 27.2 Å². The van der Waals surface area contributed by atoms with Gasteiger partial charge < -0.3 is 23.9 Å². The smallest absolute Gasteiger partial charge is 0.342 e. The highest BCUT2D eigenvalue weighted by molar-refractivity contribution is 5.97. The number of ether oxygens (including phenoxy) is 3. The monoisotopic (exact) mass is 361 g/mol. The van der Waals surface area contributed by atoms with Crippen molar-refractivity contribution in [2.45, 2.75) is 13.8 Å². The Bertz CT molecular complexity index is 859. The third kappa shape index (κ3) is 4.41. The summed E-state index contributed by atoms with van der Waals surface area (Å²) in [6.07, 6.45) is 0. The van der Waals surface area contributed by atoms with Crippen LogP contribution in [0.2, 0.25) is 0 Å². The normalized spacial score (nSPS) is 10.2. The van der Waals surface area contributed by atoms with Gasteiger partial charge in [0.2, 0.25) is 0 Å². The first-order valence-corrected chi connectivity index (χ1v) is 7.66. The Morgan fingerprint density at radius 3 is 2.46 bits per heavy atom. The number of carbonyl (C=O) groups excluding carboxylic acids is 2. The van der Waals surface area contributed by atoms with Crippen LogP contribution in [0, 0.1) is 13.8 Å². The van der Waals surface area contributed by atoms with Gasteiger partial charge in [0.1, 0.15) is 22.8 Å². The van der Waals surface area contributed by atoms with E-state index in [2.05, 4.69) is 5.32 Å². The fraction of sp³-hybridized carbons (Fsp3) is 0.278. The predicted octanol–water partition coefficient (Wildman–Crippen LogP) is 2.07. The molecule has 0 fully saturated rings. The summed E-state index contributed by atoms with van der Waals surface area (Å²) in [6.45, 7) is 2.56. The van der Waals surface area contributed by atoms with Crippen molar-refractivity contribution in [3.63, 3.8) is 0 Å². The summed E-state index contributed by atoms with van der Waals surface area (Å²) >= 11 is 0. The standard InChI is InChI=1S/C18H19NO7/c1-10-7-16(21)26-11(2)17(10)18(22)25-9-15(20)19-13-6-5-12(23-3)8-14(13)24-4/h5-8H,9H2,1-4H3,(H,19,20). The molecule has 0 bridgehead atoms. The number of rotatable bonds is 6. The summed E-state index contributed by atoms with van der Waals surface area (Å²) in [4.78, 5) is 35.5. The lowest BCUT2D eigenvalue weighted by atomic mass is 10.1. The number of benzene rings is 1. The molecule has 8 nitrogen and oxygen atoms in total. The third-order valence-electron chi connectivity index (χ3n) is 3.56. The van der Waals surface area contributed by atoms with Crippen molar-refractivity contribution in [3.05, 3.63) is 51.6 Å². The molecule has 1 heterocycles. The van der Waals surface area contributed by atoms with Crippen LogP contribution in [0.4, 0.5) is 5.69 Å². The van der Waals surface area contributed by atoms with Gasteiger partial charge in [0.15, 0.2) is 6.61 Å². The van der Waals surface area contributed by atoms with E-state index in [-0.39, 0.29) is 11.3 Å². The van der Waals surface area contributed by atoms with Crippen molar-refractivity contribution >= 4 is 17.6 Å². The van der Waals surface area contributed by atoms with Gasteiger partial charge in [-0.3, -0.25) is 4.79 Å². The van der Waals surface area contributed by atoms with Crippen LogP contribution < -0.4 is 20.4 Å². The number of aryl methyl sites for hydroxylation is 2. The van der Waals surface area contributed by atoms with Crippen molar-refractivity contribution in [3.8, 4) is 11.5 Å². The van der Waals surface area contributed by atoms with E-state index < -0.39 is 24.1 Å². The third-order valence-corrected chi connectivity index (χ3v) is 3.56. The first-order valence-electron chi connectivity index (χ1n) is 7.66. The molecule has 2 rings (SSSR count). The van der Waals surface area contributed by atoms with Crippen molar-refractivity contribution in [1.29, 1.82) is 0 Å². The fourth-order valence-electron chi connectivity index (χ4n) is 2.35. The lowest BCUT2D eigenvalue weighted by molar-refractivity contribution is -0.119. The molecule has 0 saturated heterocycles. The highest BCUT2D eigenvalue weighted by Gasteiger charge is 2.18. The van der Waals surface area contributed by atoms with Gasteiger partial charge in [-0.25, -0.2) is 9.59 Å².